The molecule has 0 spiro atoms. The Hall–Kier alpha value is -3.20. The lowest BCUT2D eigenvalue weighted by Gasteiger charge is -2.32. The lowest BCUT2D eigenvalue weighted by Crippen LogP contribution is -2.41. The highest BCUT2D eigenvalue weighted by Crippen LogP contribution is 2.44. The first kappa shape index (κ1) is 22.5. The normalized spacial score (nSPS) is 14.6. The fourth-order valence-corrected chi connectivity index (χ4v) is 5.26. The number of hydrogen-bond acceptors (Lipinski definition) is 6. The van der Waals surface area contributed by atoms with Crippen molar-refractivity contribution in [2.45, 2.75) is 13.8 Å². The molecule has 2 aromatic carbocycles. The zero-order valence-corrected chi connectivity index (χ0v) is 18.8. The molecule has 0 fully saturated rings. The van der Waals surface area contributed by atoms with E-state index in [0.29, 0.717) is 34.1 Å². The van der Waals surface area contributed by atoms with Crippen molar-refractivity contribution in [3.8, 4) is 17.2 Å². The van der Waals surface area contributed by atoms with Gasteiger partial charge in [-0.15, -0.1) is 0 Å². The SMILES string of the molecule is CCN1c2cc(OC)c(OC)cc2C(C)=C(C(=O)NCCOc2ccccc2)S1(=O)=O. The number of nitrogens with zero attached hydrogens (tertiary/aromatic N) is 1. The predicted octanol–water partition coefficient (Wildman–Crippen LogP) is 2.80. The number of carbonyl (C=O) groups is 1. The van der Waals surface area contributed by atoms with E-state index in [2.05, 4.69) is 5.32 Å². The molecule has 3 rings (SSSR count). The second-order valence-corrected chi connectivity index (χ2v) is 8.56. The molecule has 2 aromatic rings. The van der Waals surface area contributed by atoms with Gasteiger partial charge in [-0.1, -0.05) is 18.2 Å². The summed E-state index contributed by atoms with van der Waals surface area (Å²) in [5.74, 6) is 0.859. The Balaban J connectivity index is 1.90. The Morgan fingerprint density at radius 1 is 1.06 bits per heavy atom. The van der Waals surface area contributed by atoms with E-state index in [1.165, 1.54) is 18.5 Å². The van der Waals surface area contributed by atoms with Crippen LogP contribution in [0.4, 0.5) is 5.69 Å². The maximum absolute atomic E-state index is 13.3. The van der Waals surface area contributed by atoms with Gasteiger partial charge in [0.25, 0.3) is 15.9 Å². The minimum Gasteiger partial charge on any atom is -0.493 e. The minimum absolute atomic E-state index is 0.158. The maximum atomic E-state index is 13.3. The van der Waals surface area contributed by atoms with Crippen LogP contribution in [0, 0.1) is 0 Å². The number of anilines is 1. The maximum Gasteiger partial charge on any atom is 0.270 e. The molecule has 0 saturated heterocycles. The van der Waals surface area contributed by atoms with Gasteiger partial charge in [-0.05, 0) is 37.6 Å². The van der Waals surface area contributed by atoms with Crippen LogP contribution < -0.4 is 23.8 Å². The summed E-state index contributed by atoms with van der Waals surface area (Å²) in [7, 11) is -1.06. The van der Waals surface area contributed by atoms with Gasteiger partial charge in [-0.2, -0.15) is 0 Å². The number of amides is 1. The molecule has 9 heteroatoms. The Morgan fingerprint density at radius 3 is 2.32 bits per heavy atom. The first-order valence-corrected chi connectivity index (χ1v) is 11.2. The average molecular weight is 447 g/mol. The number of sulfonamides is 1. The summed E-state index contributed by atoms with van der Waals surface area (Å²) < 4.78 is 44.0. The Labute approximate surface area is 182 Å². The summed E-state index contributed by atoms with van der Waals surface area (Å²) >= 11 is 0. The number of benzene rings is 2. The highest BCUT2D eigenvalue weighted by Gasteiger charge is 2.39. The predicted molar refractivity (Wildman–Crippen MR) is 119 cm³/mol. The van der Waals surface area contributed by atoms with E-state index in [1.807, 2.05) is 18.2 Å². The third-order valence-corrected chi connectivity index (χ3v) is 7.00. The van der Waals surface area contributed by atoms with Crippen LogP contribution in [-0.2, 0) is 14.8 Å². The van der Waals surface area contributed by atoms with E-state index in [4.69, 9.17) is 14.2 Å². The lowest BCUT2D eigenvalue weighted by atomic mass is 10.0. The van der Waals surface area contributed by atoms with Crippen molar-refractivity contribution in [3.63, 3.8) is 0 Å². The molecule has 0 aliphatic carbocycles. The Morgan fingerprint density at radius 2 is 1.71 bits per heavy atom. The molecule has 166 valence electrons. The number of nitrogens with one attached hydrogen (secondary N) is 1. The summed E-state index contributed by atoms with van der Waals surface area (Å²) in [5, 5.41) is 2.65. The van der Waals surface area contributed by atoms with Crippen LogP contribution in [0.5, 0.6) is 17.2 Å². The highest BCUT2D eigenvalue weighted by atomic mass is 32.2. The standard InChI is InChI=1S/C22H26N2O6S/c1-5-24-18-14-20(29-4)19(28-3)13-17(18)15(2)21(31(24,26)27)22(25)23-11-12-30-16-9-7-6-8-10-16/h6-10,13-14H,5,11-12H2,1-4H3,(H,23,25). The van der Waals surface area contributed by atoms with Crippen molar-refractivity contribution < 1.29 is 27.4 Å². The van der Waals surface area contributed by atoms with E-state index < -0.39 is 15.9 Å². The molecule has 0 atom stereocenters. The smallest absolute Gasteiger partial charge is 0.270 e. The van der Waals surface area contributed by atoms with Crippen molar-refractivity contribution >= 4 is 27.2 Å². The molecule has 0 unspecified atom stereocenters. The van der Waals surface area contributed by atoms with Crippen molar-refractivity contribution in [2.75, 3.05) is 38.2 Å². The van der Waals surface area contributed by atoms with Gasteiger partial charge in [0.05, 0.1) is 26.5 Å². The molecule has 1 aliphatic rings. The van der Waals surface area contributed by atoms with E-state index in [9.17, 15) is 13.2 Å². The van der Waals surface area contributed by atoms with Crippen molar-refractivity contribution in [1.82, 2.24) is 5.32 Å². The van der Waals surface area contributed by atoms with Crippen molar-refractivity contribution in [3.05, 3.63) is 52.9 Å². The summed E-state index contributed by atoms with van der Waals surface area (Å²) in [6.07, 6.45) is 0. The molecular weight excluding hydrogens is 420 g/mol. The number of carbonyl (C=O) groups excluding carboxylic acids is 1. The molecule has 31 heavy (non-hydrogen) atoms. The zero-order valence-electron chi connectivity index (χ0n) is 18.0. The summed E-state index contributed by atoms with van der Waals surface area (Å²) in [6, 6.07) is 12.5. The van der Waals surface area contributed by atoms with Crippen molar-refractivity contribution in [1.29, 1.82) is 0 Å². The zero-order chi connectivity index (χ0) is 22.6. The number of ether oxygens (including phenoxy) is 3. The molecule has 1 aliphatic heterocycles. The molecule has 0 saturated carbocycles. The molecule has 0 aromatic heterocycles. The molecule has 1 heterocycles. The van der Waals surface area contributed by atoms with Crippen molar-refractivity contribution in [2.24, 2.45) is 0 Å². The fourth-order valence-electron chi connectivity index (χ4n) is 3.49. The first-order valence-electron chi connectivity index (χ1n) is 9.81. The molecular formula is C22H26N2O6S. The van der Waals surface area contributed by atoms with Gasteiger partial charge in [0.2, 0.25) is 0 Å². The van der Waals surface area contributed by atoms with Crippen LogP contribution in [0.1, 0.15) is 19.4 Å². The van der Waals surface area contributed by atoms with E-state index >= 15 is 0 Å². The van der Waals surface area contributed by atoms with E-state index in [1.54, 1.807) is 38.1 Å². The molecule has 8 nitrogen and oxygen atoms in total. The molecule has 0 bridgehead atoms. The Bertz CT molecular complexity index is 1100. The van der Waals surface area contributed by atoms with Gasteiger partial charge in [0.15, 0.2) is 16.4 Å². The van der Waals surface area contributed by atoms with Gasteiger partial charge < -0.3 is 19.5 Å². The quantitative estimate of drug-likeness (QED) is 0.627. The summed E-state index contributed by atoms with van der Waals surface area (Å²) in [6.45, 7) is 3.85. The van der Waals surface area contributed by atoms with Gasteiger partial charge in [0, 0.05) is 18.2 Å². The third-order valence-electron chi connectivity index (χ3n) is 4.96. The van der Waals surface area contributed by atoms with Gasteiger partial charge in [0.1, 0.15) is 12.4 Å². The number of rotatable bonds is 8. The van der Waals surface area contributed by atoms with Crippen LogP contribution in [0.25, 0.3) is 5.57 Å². The third kappa shape index (κ3) is 4.32. The molecule has 1 amide bonds. The minimum atomic E-state index is -4.05. The van der Waals surface area contributed by atoms with Crippen LogP contribution in [0.3, 0.4) is 0 Å². The van der Waals surface area contributed by atoms with E-state index in [0.717, 1.165) is 0 Å². The number of fused-ring (bicyclic) bond motifs is 1. The topological polar surface area (TPSA) is 94.2 Å². The van der Waals surface area contributed by atoms with Crippen LogP contribution in [0.15, 0.2) is 47.4 Å². The van der Waals surface area contributed by atoms with Gasteiger partial charge in [-0.3, -0.25) is 9.10 Å². The number of allylic oxidation sites excluding steroid dienone is 1. The number of para-hydroxylation sites is 1. The lowest BCUT2D eigenvalue weighted by molar-refractivity contribution is -0.116. The van der Waals surface area contributed by atoms with Crippen LogP contribution in [0.2, 0.25) is 0 Å². The average Bonchev–Trinajstić information content (AvgIpc) is 2.76. The molecule has 1 N–H and O–H groups in total. The van der Waals surface area contributed by atoms with Crippen LogP contribution in [-0.4, -0.2) is 48.2 Å². The molecule has 0 radical (unpaired) electrons. The Kier molecular flexibility index (Phi) is 6.74. The number of hydrogen-bond donors (Lipinski definition) is 1. The second kappa shape index (κ2) is 9.30. The first-order chi connectivity index (χ1) is 14.8. The highest BCUT2D eigenvalue weighted by molar-refractivity contribution is 7.97. The fraction of sp³-hybridized carbons (Fsp3) is 0.318. The van der Waals surface area contributed by atoms with E-state index in [-0.39, 0.29) is 24.6 Å². The summed E-state index contributed by atoms with van der Waals surface area (Å²) in [4.78, 5) is 12.6. The summed E-state index contributed by atoms with van der Waals surface area (Å²) in [5.41, 5.74) is 1.39. The van der Waals surface area contributed by atoms with Gasteiger partial charge >= 0.3 is 0 Å². The van der Waals surface area contributed by atoms with Crippen LogP contribution >= 0.6 is 0 Å². The largest absolute Gasteiger partial charge is 0.493 e. The monoisotopic (exact) mass is 446 g/mol. The van der Waals surface area contributed by atoms with Gasteiger partial charge in [-0.25, -0.2) is 8.42 Å². The number of methoxy groups -OCH3 is 2. The second-order valence-electron chi connectivity index (χ2n) is 6.77.